The summed E-state index contributed by atoms with van der Waals surface area (Å²) in [6, 6.07) is 18.8. The number of rotatable bonds is 4. The summed E-state index contributed by atoms with van der Waals surface area (Å²) >= 11 is 0. The van der Waals surface area contributed by atoms with Gasteiger partial charge in [0.25, 0.3) is 0 Å². The van der Waals surface area contributed by atoms with Crippen molar-refractivity contribution in [2.24, 2.45) is 0 Å². The van der Waals surface area contributed by atoms with E-state index < -0.39 is 0 Å². The first-order valence-electron chi connectivity index (χ1n) is 6.13. The summed E-state index contributed by atoms with van der Waals surface area (Å²) in [4.78, 5) is 1.96. The van der Waals surface area contributed by atoms with Gasteiger partial charge in [0.1, 0.15) is 11.8 Å². The van der Waals surface area contributed by atoms with E-state index in [0.29, 0.717) is 6.54 Å². The molecule has 0 aliphatic rings. The second-order valence-corrected chi connectivity index (χ2v) is 4.53. The molecular formula is C16H16N2O. The zero-order chi connectivity index (χ0) is 13.7. The highest BCUT2D eigenvalue weighted by molar-refractivity contribution is 5.32. The average Bonchev–Trinajstić information content (AvgIpc) is 2.41. The van der Waals surface area contributed by atoms with Gasteiger partial charge in [0, 0.05) is 6.54 Å². The number of hydrogen-bond donors (Lipinski definition) is 1. The summed E-state index contributed by atoms with van der Waals surface area (Å²) in [7, 11) is 1.91. The van der Waals surface area contributed by atoms with Gasteiger partial charge < -0.3 is 5.11 Å². The second kappa shape index (κ2) is 6.03. The van der Waals surface area contributed by atoms with Crippen molar-refractivity contribution in [2.45, 2.75) is 12.6 Å². The van der Waals surface area contributed by atoms with Gasteiger partial charge >= 0.3 is 0 Å². The van der Waals surface area contributed by atoms with Gasteiger partial charge in [-0.15, -0.1) is 0 Å². The van der Waals surface area contributed by atoms with Gasteiger partial charge in [-0.3, -0.25) is 4.90 Å². The van der Waals surface area contributed by atoms with Gasteiger partial charge in [0.15, 0.2) is 0 Å². The molecule has 0 amide bonds. The van der Waals surface area contributed by atoms with Crippen LogP contribution in [0.4, 0.5) is 0 Å². The molecule has 3 nitrogen and oxygen atoms in total. The van der Waals surface area contributed by atoms with Crippen molar-refractivity contribution >= 4 is 0 Å². The highest BCUT2D eigenvalue weighted by Gasteiger charge is 2.16. The molecule has 0 heterocycles. The predicted octanol–water partition coefficient (Wildman–Crippen LogP) is 3.09. The molecular weight excluding hydrogens is 236 g/mol. The summed E-state index contributed by atoms with van der Waals surface area (Å²) in [6.07, 6.45) is 0. The van der Waals surface area contributed by atoms with Gasteiger partial charge in [-0.2, -0.15) is 5.26 Å². The molecule has 0 aliphatic carbocycles. The average molecular weight is 252 g/mol. The molecule has 2 aromatic rings. The van der Waals surface area contributed by atoms with E-state index in [0.717, 1.165) is 11.1 Å². The molecule has 0 radical (unpaired) electrons. The van der Waals surface area contributed by atoms with Crippen LogP contribution in [0.3, 0.4) is 0 Å². The molecule has 1 atom stereocenters. The van der Waals surface area contributed by atoms with Crippen LogP contribution in [0.5, 0.6) is 5.75 Å². The van der Waals surface area contributed by atoms with E-state index in [4.69, 9.17) is 0 Å². The largest absolute Gasteiger partial charge is 0.508 e. The van der Waals surface area contributed by atoms with Gasteiger partial charge in [0.2, 0.25) is 0 Å². The number of hydrogen-bond acceptors (Lipinski definition) is 3. The van der Waals surface area contributed by atoms with Crippen LogP contribution in [-0.2, 0) is 6.54 Å². The van der Waals surface area contributed by atoms with Gasteiger partial charge in [-0.05, 0) is 30.3 Å². The fourth-order valence-electron chi connectivity index (χ4n) is 2.09. The van der Waals surface area contributed by atoms with Crippen LogP contribution >= 0.6 is 0 Å². The predicted molar refractivity (Wildman–Crippen MR) is 74.4 cm³/mol. The minimum Gasteiger partial charge on any atom is -0.508 e. The number of phenolic OH excluding ortho intramolecular Hbond substituents is 1. The summed E-state index contributed by atoms with van der Waals surface area (Å²) in [5.74, 6) is 0.186. The van der Waals surface area contributed by atoms with Crippen LogP contribution in [0.2, 0.25) is 0 Å². The fourth-order valence-corrected chi connectivity index (χ4v) is 2.09. The third-order valence-electron chi connectivity index (χ3n) is 3.02. The zero-order valence-electron chi connectivity index (χ0n) is 10.8. The third-order valence-corrected chi connectivity index (χ3v) is 3.02. The lowest BCUT2D eigenvalue weighted by Crippen LogP contribution is -2.23. The molecule has 1 unspecified atom stereocenters. The van der Waals surface area contributed by atoms with Crippen molar-refractivity contribution in [1.82, 2.24) is 4.90 Å². The molecule has 19 heavy (non-hydrogen) atoms. The monoisotopic (exact) mass is 252 g/mol. The number of nitriles is 1. The Kier molecular flexibility index (Phi) is 4.17. The maximum atomic E-state index is 9.50. The van der Waals surface area contributed by atoms with Crippen LogP contribution in [0.15, 0.2) is 54.6 Å². The van der Waals surface area contributed by atoms with Crippen molar-refractivity contribution in [3.05, 3.63) is 65.7 Å². The molecule has 0 fully saturated rings. The number of benzene rings is 2. The van der Waals surface area contributed by atoms with Crippen LogP contribution in [-0.4, -0.2) is 17.1 Å². The summed E-state index contributed by atoms with van der Waals surface area (Å²) < 4.78 is 0. The smallest absolute Gasteiger partial charge is 0.124 e. The Bertz CT molecular complexity index is 575. The van der Waals surface area contributed by atoms with Gasteiger partial charge in [0.05, 0.1) is 6.07 Å². The molecule has 0 saturated heterocycles. The second-order valence-electron chi connectivity index (χ2n) is 4.53. The third kappa shape index (κ3) is 3.34. The quantitative estimate of drug-likeness (QED) is 0.909. The first kappa shape index (κ1) is 13.1. The molecule has 96 valence electrons. The molecule has 0 aromatic heterocycles. The van der Waals surface area contributed by atoms with E-state index in [-0.39, 0.29) is 11.8 Å². The zero-order valence-corrected chi connectivity index (χ0v) is 10.8. The number of nitrogens with zero attached hydrogens (tertiary/aromatic N) is 2. The molecule has 2 aromatic carbocycles. The van der Waals surface area contributed by atoms with Crippen molar-refractivity contribution < 1.29 is 5.11 Å². The first-order valence-corrected chi connectivity index (χ1v) is 6.13. The summed E-state index contributed by atoms with van der Waals surface area (Å²) in [6.45, 7) is 0.689. The highest BCUT2D eigenvalue weighted by atomic mass is 16.3. The molecule has 1 N–H and O–H groups in total. The Hall–Kier alpha value is -2.31. The Morgan fingerprint density at radius 1 is 1.16 bits per heavy atom. The summed E-state index contributed by atoms with van der Waals surface area (Å²) in [5.41, 5.74) is 1.96. The molecule has 0 saturated carbocycles. The maximum Gasteiger partial charge on any atom is 0.124 e. The Labute approximate surface area is 113 Å². The minimum absolute atomic E-state index is 0.186. The summed E-state index contributed by atoms with van der Waals surface area (Å²) in [5, 5.41) is 18.8. The Morgan fingerprint density at radius 2 is 1.89 bits per heavy atom. The van der Waals surface area contributed by atoms with Crippen LogP contribution in [0.25, 0.3) is 0 Å². The Morgan fingerprint density at radius 3 is 2.53 bits per heavy atom. The van der Waals surface area contributed by atoms with E-state index >= 15 is 0 Å². The molecule has 2 rings (SSSR count). The van der Waals surface area contributed by atoms with Crippen molar-refractivity contribution in [1.29, 1.82) is 5.26 Å². The minimum atomic E-state index is -0.368. The number of aromatic hydroxyl groups is 1. The normalized spacial score (nSPS) is 12.1. The first-order chi connectivity index (χ1) is 9.20. The van der Waals surface area contributed by atoms with Crippen LogP contribution < -0.4 is 0 Å². The van der Waals surface area contributed by atoms with Crippen LogP contribution in [0, 0.1) is 11.3 Å². The van der Waals surface area contributed by atoms with E-state index in [1.165, 1.54) is 0 Å². The highest BCUT2D eigenvalue weighted by Crippen LogP contribution is 2.23. The lowest BCUT2D eigenvalue weighted by atomic mass is 10.1. The van der Waals surface area contributed by atoms with E-state index in [9.17, 15) is 10.4 Å². The van der Waals surface area contributed by atoms with Crippen LogP contribution in [0.1, 0.15) is 17.2 Å². The Balaban J connectivity index is 2.16. The molecule has 0 aliphatic heterocycles. The van der Waals surface area contributed by atoms with Gasteiger partial charge in [-0.25, -0.2) is 0 Å². The van der Waals surface area contributed by atoms with Crippen molar-refractivity contribution in [3.8, 4) is 11.8 Å². The van der Waals surface area contributed by atoms with E-state index in [2.05, 4.69) is 6.07 Å². The standard InChI is InChI=1S/C16H16N2O/c1-18(12-13-6-3-2-4-7-13)16(11-17)14-8-5-9-15(19)10-14/h2-10,16,19H,12H2,1H3. The van der Waals surface area contributed by atoms with E-state index in [1.54, 1.807) is 18.2 Å². The van der Waals surface area contributed by atoms with Gasteiger partial charge in [-0.1, -0.05) is 42.5 Å². The lowest BCUT2D eigenvalue weighted by molar-refractivity contribution is 0.283. The lowest BCUT2D eigenvalue weighted by Gasteiger charge is -2.22. The molecule has 3 heteroatoms. The van der Waals surface area contributed by atoms with Crippen molar-refractivity contribution in [3.63, 3.8) is 0 Å². The van der Waals surface area contributed by atoms with Crippen molar-refractivity contribution in [2.75, 3.05) is 7.05 Å². The SMILES string of the molecule is CN(Cc1ccccc1)C(C#N)c1cccc(O)c1. The van der Waals surface area contributed by atoms with E-state index in [1.807, 2.05) is 48.3 Å². The fraction of sp³-hybridized carbons (Fsp3) is 0.188. The number of phenols is 1. The topological polar surface area (TPSA) is 47.3 Å². The molecule has 0 bridgehead atoms. The maximum absolute atomic E-state index is 9.50. The molecule has 0 spiro atoms.